The standard InChI is InChI=1S/C24H26N2OS.ClH/c27-24(23-12-7-19-28-23)26(21-10-5-2-6-11-21)22-14-17-25(18-15-22)16-13-20-8-3-1-4-9-20;/h1-12,19,22H,13-18H2;1H/i2D,5D,6D,10D,11D;. The molecule has 1 aliphatic rings. The Morgan fingerprint density at radius 1 is 1.07 bits per heavy atom. The molecule has 152 valence electrons. The van der Waals surface area contributed by atoms with Gasteiger partial charge in [0.1, 0.15) is 0 Å². The highest BCUT2D eigenvalue weighted by molar-refractivity contribution is 7.12. The molecule has 0 unspecified atom stereocenters. The minimum absolute atomic E-state index is 0. The molecule has 2 aromatic carbocycles. The molecule has 3 aromatic rings. The second-order valence-corrected chi connectivity index (χ2v) is 7.88. The van der Waals surface area contributed by atoms with Crippen LogP contribution in [0.25, 0.3) is 0 Å². The maximum absolute atomic E-state index is 13.5. The number of carbonyl (C=O) groups is 1. The van der Waals surface area contributed by atoms with Crippen LogP contribution in [0.3, 0.4) is 0 Å². The van der Waals surface area contributed by atoms with Crippen LogP contribution in [0, 0.1) is 0 Å². The third-order valence-electron chi connectivity index (χ3n) is 5.16. The minimum Gasteiger partial charge on any atom is -0.305 e. The van der Waals surface area contributed by atoms with Crippen LogP contribution >= 0.6 is 23.7 Å². The third-order valence-corrected chi connectivity index (χ3v) is 6.02. The molecule has 5 heteroatoms. The second kappa shape index (κ2) is 10.6. The molecule has 2 heterocycles. The Kier molecular flexibility index (Phi) is 5.72. The maximum atomic E-state index is 13.5. The van der Waals surface area contributed by atoms with E-state index in [0.717, 1.165) is 26.1 Å². The minimum atomic E-state index is -0.451. The van der Waals surface area contributed by atoms with Crippen molar-refractivity contribution in [2.45, 2.75) is 25.3 Å². The van der Waals surface area contributed by atoms with Crippen molar-refractivity contribution in [3.8, 4) is 0 Å². The van der Waals surface area contributed by atoms with Crippen molar-refractivity contribution >= 4 is 35.3 Å². The quantitative estimate of drug-likeness (QED) is 0.512. The number of carbonyl (C=O) groups excluding carboxylic acids is 1. The van der Waals surface area contributed by atoms with E-state index >= 15 is 0 Å². The lowest BCUT2D eigenvalue weighted by molar-refractivity contribution is 0.0964. The number of para-hydroxylation sites is 1. The Hall–Kier alpha value is -2.14. The first-order chi connectivity index (χ1) is 15.9. The van der Waals surface area contributed by atoms with Gasteiger partial charge in [-0.15, -0.1) is 23.7 Å². The number of thiophene rings is 1. The van der Waals surface area contributed by atoms with Crippen molar-refractivity contribution in [1.29, 1.82) is 0 Å². The molecule has 0 radical (unpaired) electrons. The van der Waals surface area contributed by atoms with Crippen LogP contribution in [-0.4, -0.2) is 36.5 Å². The molecule has 0 aliphatic carbocycles. The van der Waals surface area contributed by atoms with E-state index < -0.39 is 18.1 Å². The van der Waals surface area contributed by atoms with Crippen LogP contribution in [-0.2, 0) is 6.42 Å². The van der Waals surface area contributed by atoms with Crippen LogP contribution < -0.4 is 4.90 Å². The lowest BCUT2D eigenvalue weighted by atomic mass is 10.0. The second-order valence-electron chi connectivity index (χ2n) is 6.93. The number of anilines is 1. The molecule has 0 bridgehead atoms. The monoisotopic (exact) mass is 431 g/mol. The van der Waals surface area contributed by atoms with E-state index in [1.807, 2.05) is 18.2 Å². The predicted octanol–water partition coefficient (Wildman–Crippen LogP) is 5.52. The van der Waals surface area contributed by atoms with Gasteiger partial charge in [-0.3, -0.25) is 4.79 Å². The van der Waals surface area contributed by atoms with E-state index in [1.165, 1.54) is 21.8 Å². The van der Waals surface area contributed by atoms with Gasteiger partial charge in [0.2, 0.25) is 0 Å². The molecular formula is C24H27ClN2OS. The molecule has 0 spiro atoms. The van der Waals surface area contributed by atoms with Gasteiger partial charge in [-0.25, -0.2) is 0 Å². The van der Waals surface area contributed by atoms with Gasteiger partial charge in [0, 0.05) is 31.4 Å². The van der Waals surface area contributed by atoms with E-state index in [2.05, 4.69) is 17.0 Å². The van der Waals surface area contributed by atoms with E-state index in [1.54, 1.807) is 17.5 Å². The molecule has 0 atom stereocenters. The Bertz CT molecular complexity index is 1090. The summed E-state index contributed by atoms with van der Waals surface area (Å²) in [4.78, 5) is 17.8. The van der Waals surface area contributed by atoms with Crippen LogP contribution in [0.15, 0.2) is 78.1 Å². The van der Waals surface area contributed by atoms with E-state index in [-0.39, 0.29) is 42.1 Å². The van der Waals surface area contributed by atoms with Crippen molar-refractivity contribution in [3.63, 3.8) is 0 Å². The van der Waals surface area contributed by atoms with Gasteiger partial charge in [0.05, 0.1) is 11.7 Å². The molecule has 0 saturated carbocycles. The molecule has 1 saturated heterocycles. The molecule has 1 aromatic heterocycles. The van der Waals surface area contributed by atoms with Crippen LogP contribution in [0.1, 0.15) is 34.9 Å². The number of halogens is 1. The average Bonchev–Trinajstić information content (AvgIpc) is 3.39. The van der Waals surface area contributed by atoms with E-state index in [9.17, 15) is 4.79 Å². The normalized spacial score (nSPS) is 17.3. The van der Waals surface area contributed by atoms with Gasteiger partial charge >= 0.3 is 0 Å². The van der Waals surface area contributed by atoms with Crippen molar-refractivity contribution < 1.29 is 11.6 Å². The van der Waals surface area contributed by atoms with Crippen LogP contribution in [0.5, 0.6) is 0 Å². The molecule has 29 heavy (non-hydrogen) atoms. The number of likely N-dealkylation sites (tertiary alicyclic amines) is 1. The molecule has 1 amide bonds. The van der Waals surface area contributed by atoms with Gasteiger partial charge < -0.3 is 9.80 Å². The fraction of sp³-hybridized carbons (Fsp3) is 0.292. The summed E-state index contributed by atoms with van der Waals surface area (Å²) >= 11 is 1.29. The Balaban J connectivity index is 0.00000324. The number of hydrogen-bond acceptors (Lipinski definition) is 3. The smallest absolute Gasteiger partial charge is 0.268 e. The largest absolute Gasteiger partial charge is 0.305 e. The summed E-state index contributed by atoms with van der Waals surface area (Å²) in [5, 5.41) is 1.81. The van der Waals surface area contributed by atoms with Gasteiger partial charge in [0.25, 0.3) is 5.91 Å². The molecule has 1 fully saturated rings. The number of hydrogen-bond donors (Lipinski definition) is 0. The first-order valence-electron chi connectivity index (χ1n) is 12.1. The summed E-state index contributed by atoms with van der Waals surface area (Å²) in [6, 6.07) is 11.6. The first kappa shape index (κ1) is 15.7. The lowest BCUT2D eigenvalue weighted by Gasteiger charge is -2.38. The summed E-state index contributed by atoms with van der Waals surface area (Å²) in [5.74, 6) is -0.314. The third kappa shape index (κ3) is 5.47. The average molecular weight is 432 g/mol. The SMILES string of the molecule is Cl.[2H]c1c([2H])c([2H])c(N(C(=O)c2cccs2)C2CCN(CCc3ccccc3)CC2)c([2H])c1[2H]. The first-order valence-corrected chi connectivity index (χ1v) is 10.5. The highest BCUT2D eigenvalue weighted by atomic mass is 35.5. The Morgan fingerprint density at radius 2 is 1.79 bits per heavy atom. The summed E-state index contributed by atoms with van der Waals surface area (Å²) in [6.07, 6.45) is 2.30. The molecular weight excluding hydrogens is 400 g/mol. The topological polar surface area (TPSA) is 23.6 Å². The van der Waals surface area contributed by atoms with Crippen molar-refractivity contribution in [2.75, 3.05) is 24.5 Å². The summed E-state index contributed by atoms with van der Waals surface area (Å²) in [7, 11) is 0. The summed E-state index contributed by atoms with van der Waals surface area (Å²) in [6.45, 7) is 2.49. The van der Waals surface area contributed by atoms with Crippen LogP contribution in [0.2, 0.25) is 0 Å². The zero-order chi connectivity index (χ0) is 23.5. The van der Waals surface area contributed by atoms with Gasteiger partial charge in [-0.1, -0.05) is 54.5 Å². The van der Waals surface area contributed by atoms with Crippen molar-refractivity contribution in [2.24, 2.45) is 0 Å². The summed E-state index contributed by atoms with van der Waals surface area (Å²) in [5.41, 5.74) is 1.26. The molecule has 4 rings (SSSR count). The fourth-order valence-electron chi connectivity index (χ4n) is 3.67. The molecule has 1 aliphatic heterocycles. The zero-order valence-corrected chi connectivity index (χ0v) is 17.7. The van der Waals surface area contributed by atoms with Gasteiger partial charge in [-0.2, -0.15) is 0 Å². The fourth-order valence-corrected chi connectivity index (χ4v) is 4.33. The maximum Gasteiger partial charge on any atom is 0.268 e. The lowest BCUT2D eigenvalue weighted by Crippen LogP contribution is -2.48. The number of nitrogens with zero attached hydrogens (tertiary/aromatic N) is 2. The van der Waals surface area contributed by atoms with Crippen molar-refractivity contribution in [1.82, 2.24) is 4.90 Å². The van der Waals surface area contributed by atoms with Gasteiger partial charge in [0.15, 0.2) is 0 Å². The van der Waals surface area contributed by atoms with Crippen LogP contribution in [0.4, 0.5) is 5.69 Å². The summed E-state index contributed by atoms with van der Waals surface area (Å²) < 4.78 is 40.9. The number of piperidine rings is 1. The van der Waals surface area contributed by atoms with E-state index in [4.69, 9.17) is 6.85 Å². The Labute approximate surface area is 190 Å². The molecule has 3 nitrogen and oxygen atoms in total. The molecule has 0 N–H and O–H groups in total. The van der Waals surface area contributed by atoms with Gasteiger partial charge in [-0.05, 0) is 48.4 Å². The highest BCUT2D eigenvalue weighted by Gasteiger charge is 2.30. The zero-order valence-electron chi connectivity index (χ0n) is 21.1. The number of amides is 1. The predicted molar refractivity (Wildman–Crippen MR) is 124 cm³/mol. The van der Waals surface area contributed by atoms with Crippen molar-refractivity contribution in [3.05, 3.63) is 88.5 Å². The highest BCUT2D eigenvalue weighted by Crippen LogP contribution is 2.27. The van der Waals surface area contributed by atoms with E-state index in [0.29, 0.717) is 17.7 Å². The number of benzene rings is 2. The number of rotatable bonds is 6. The Morgan fingerprint density at radius 3 is 2.45 bits per heavy atom.